The van der Waals surface area contributed by atoms with Crippen LogP contribution >= 0.6 is 0 Å². The van der Waals surface area contributed by atoms with Crippen LogP contribution in [0.5, 0.6) is 5.75 Å². The second-order valence-electron chi connectivity index (χ2n) is 5.70. The normalized spacial score (nSPS) is 13.6. The van der Waals surface area contributed by atoms with Crippen LogP contribution in [-0.2, 0) is 6.54 Å². The van der Waals surface area contributed by atoms with Gasteiger partial charge < -0.3 is 10.1 Å². The van der Waals surface area contributed by atoms with Crippen LogP contribution in [0.25, 0.3) is 0 Å². The molecular weight excluding hydrogens is 270 g/mol. The summed E-state index contributed by atoms with van der Waals surface area (Å²) in [6.07, 6.45) is 2.33. The molecule has 2 unspecified atom stereocenters. The van der Waals surface area contributed by atoms with E-state index in [2.05, 4.69) is 74.6 Å². The summed E-state index contributed by atoms with van der Waals surface area (Å²) < 4.78 is 6.03. The smallest absolute Gasteiger partial charge is 0.124 e. The second-order valence-corrected chi connectivity index (χ2v) is 5.70. The molecule has 0 saturated carbocycles. The fourth-order valence-corrected chi connectivity index (χ4v) is 2.48. The number of para-hydroxylation sites is 1. The Morgan fingerprint density at radius 3 is 2.27 bits per heavy atom. The third kappa shape index (κ3) is 4.60. The average molecular weight is 297 g/mol. The number of hydrogen-bond donors (Lipinski definition) is 1. The van der Waals surface area contributed by atoms with Gasteiger partial charge in [0.2, 0.25) is 0 Å². The number of ether oxygens (including phenoxy) is 1. The molecule has 0 aliphatic carbocycles. The maximum Gasteiger partial charge on any atom is 0.124 e. The highest BCUT2D eigenvalue weighted by molar-refractivity contribution is 5.33. The van der Waals surface area contributed by atoms with Crippen LogP contribution in [0.3, 0.4) is 0 Å². The highest BCUT2D eigenvalue weighted by Gasteiger charge is 2.11. The first-order valence-electron chi connectivity index (χ1n) is 8.27. The molecule has 0 radical (unpaired) electrons. The standard InChI is InChI=1S/C20H27NO/c1-4-16(3)22-20-14-10-9-13-18(20)15-21-19(5-2)17-11-7-6-8-12-17/h6-14,16,19,21H,4-5,15H2,1-3H3. The van der Waals surface area contributed by atoms with Crippen molar-refractivity contribution in [3.05, 3.63) is 65.7 Å². The molecule has 118 valence electrons. The first-order valence-corrected chi connectivity index (χ1v) is 8.27. The number of rotatable bonds is 8. The van der Waals surface area contributed by atoms with Crippen LogP contribution in [0.4, 0.5) is 0 Å². The lowest BCUT2D eigenvalue weighted by Gasteiger charge is -2.20. The number of benzene rings is 2. The SMILES string of the molecule is CCC(C)Oc1ccccc1CNC(CC)c1ccccc1. The molecule has 0 bridgehead atoms. The molecule has 0 aliphatic rings. The summed E-state index contributed by atoms with van der Waals surface area (Å²) in [5.74, 6) is 0.993. The van der Waals surface area contributed by atoms with Crippen LogP contribution in [0.2, 0.25) is 0 Å². The van der Waals surface area contributed by atoms with Crippen LogP contribution in [-0.4, -0.2) is 6.10 Å². The van der Waals surface area contributed by atoms with E-state index in [4.69, 9.17) is 4.74 Å². The van der Waals surface area contributed by atoms with Gasteiger partial charge in [0.1, 0.15) is 5.75 Å². The van der Waals surface area contributed by atoms with E-state index in [1.165, 1.54) is 11.1 Å². The Morgan fingerprint density at radius 1 is 0.909 bits per heavy atom. The minimum atomic E-state index is 0.247. The first-order chi connectivity index (χ1) is 10.7. The van der Waals surface area contributed by atoms with Crippen molar-refractivity contribution in [2.45, 2.75) is 52.3 Å². The Hall–Kier alpha value is -1.80. The van der Waals surface area contributed by atoms with Crippen molar-refractivity contribution >= 4 is 0 Å². The number of nitrogens with one attached hydrogen (secondary N) is 1. The Bertz CT molecular complexity index is 553. The van der Waals surface area contributed by atoms with Crippen molar-refractivity contribution in [3.8, 4) is 5.75 Å². The zero-order valence-electron chi connectivity index (χ0n) is 13.9. The highest BCUT2D eigenvalue weighted by Crippen LogP contribution is 2.22. The minimum absolute atomic E-state index is 0.247. The lowest BCUT2D eigenvalue weighted by molar-refractivity contribution is 0.214. The van der Waals surface area contributed by atoms with E-state index < -0.39 is 0 Å². The van der Waals surface area contributed by atoms with E-state index in [-0.39, 0.29) is 6.10 Å². The molecule has 0 heterocycles. The van der Waals surface area contributed by atoms with Gasteiger partial charge in [0.15, 0.2) is 0 Å². The van der Waals surface area contributed by atoms with Crippen LogP contribution in [0, 0.1) is 0 Å². The van der Waals surface area contributed by atoms with Gasteiger partial charge in [-0.25, -0.2) is 0 Å². The van der Waals surface area contributed by atoms with Gasteiger partial charge in [-0.2, -0.15) is 0 Å². The monoisotopic (exact) mass is 297 g/mol. The van der Waals surface area contributed by atoms with Gasteiger partial charge in [-0.1, -0.05) is 62.4 Å². The van der Waals surface area contributed by atoms with Gasteiger partial charge in [-0.05, 0) is 31.4 Å². The summed E-state index contributed by atoms with van der Waals surface area (Å²) in [6, 6.07) is 19.3. The molecular formula is C20H27NO. The van der Waals surface area contributed by atoms with E-state index in [0.717, 1.165) is 25.1 Å². The maximum absolute atomic E-state index is 6.03. The fourth-order valence-electron chi connectivity index (χ4n) is 2.48. The van der Waals surface area contributed by atoms with Gasteiger partial charge in [-0.15, -0.1) is 0 Å². The van der Waals surface area contributed by atoms with Crippen LogP contribution in [0.1, 0.15) is 50.8 Å². The van der Waals surface area contributed by atoms with Gasteiger partial charge in [-0.3, -0.25) is 0 Å². The lowest BCUT2D eigenvalue weighted by Crippen LogP contribution is -2.21. The van der Waals surface area contributed by atoms with Crippen molar-refractivity contribution in [3.63, 3.8) is 0 Å². The highest BCUT2D eigenvalue weighted by atomic mass is 16.5. The molecule has 0 fully saturated rings. The fraction of sp³-hybridized carbons (Fsp3) is 0.400. The predicted molar refractivity (Wildman–Crippen MR) is 93.1 cm³/mol. The minimum Gasteiger partial charge on any atom is -0.490 e. The topological polar surface area (TPSA) is 21.3 Å². The van der Waals surface area contributed by atoms with E-state index in [0.29, 0.717) is 6.04 Å². The van der Waals surface area contributed by atoms with E-state index >= 15 is 0 Å². The van der Waals surface area contributed by atoms with Crippen molar-refractivity contribution < 1.29 is 4.74 Å². The van der Waals surface area contributed by atoms with Crippen molar-refractivity contribution in [1.29, 1.82) is 0 Å². The van der Waals surface area contributed by atoms with Crippen LogP contribution < -0.4 is 10.1 Å². The average Bonchev–Trinajstić information content (AvgIpc) is 2.57. The first kappa shape index (κ1) is 16.6. The molecule has 0 aromatic heterocycles. The van der Waals surface area contributed by atoms with Crippen molar-refractivity contribution in [2.24, 2.45) is 0 Å². The molecule has 0 saturated heterocycles. The summed E-state index contributed by atoms with van der Waals surface area (Å²) in [4.78, 5) is 0. The summed E-state index contributed by atoms with van der Waals surface area (Å²) >= 11 is 0. The molecule has 2 nitrogen and oxygen atoms in total. The van der Waals surface area contributed by atoms with Crippen LogP contribution in [0.15, 0.2) is 54.6 Å². The molecule has 2 heteroatoms. The molecule has 2 rings (SSSR count). The molecule has 22 heavy (non-hydrogen) atoms. The molecule has 0 aliphatic heterocycles. The summed E-state index contributed by atoms with van der Waals surface area (Å²) in [6.45, 7) is 7.29. The third-order valence-corrected chi connectivity index (χ3v) is 4.02. The van der Waals surface area contributed by atoms with E-state index in [1.54, 1.807) is 0 Å². The summed E-state index contributed by atoms with van der Waals surface area (Å²) in [7, 11) is 0. The molecule has 2 aromatic rings. The predicted octanol–water partition coefficient (Wildman–Crippen LogP) is 5.10. The van der Waals surface area contributed by atoms with E-state index in [9.17, 15) is 0 Å². The molecule has 0 spiro atoms. The van der Waals surface area contributed by atoms with E-state index in [1.807, 2.05) is 6.07 Å². The summed E-state index contributed by atoms with van der Waals surface area (Å²) in [5, 5.41) is 3.65. The Morgan fingerprint density at radius 2 is 1.59 bits per heavy atom. The van der Waals surface area contributed by atoms with Crippen molar-refractivity contribution in [1.82, 2.24) is 5.32 Å². The Labute approximate surface area is 134 Å². The summed E-state index contributed by atoms with van der Waals surface area (Å²) in [5.41, 5.74) is 2.56. The van der Waals surface area contributed by atoms with Gasteiger partial charge in [0, 0.05) is 18.2 Å². The largest absolute Gasteiger partial charge is 0.490 e. The quantitative estimate of drug-likeness (QED) is 0.731. The molecule has 2 atom stereocenters. The Balaban J connectivity index is 2.04. The molecule has 2 aromatic carbocycles. The third-order valence-electron chi connectivity index (χ3n) is 4.02. The maximum atomic E-state index is 6.03. The van der Waals surface area contributed by atoms with Gasteiger partial charge >= 0.3 is 0 Å². The zero-order chi connectivity index (χ0) is 15.8. The number of hydrogen-bond acceptors (Lipinski definition) is 2. The Kier molecular flexibility index (Phi) is 6.47. The van der Waals surface area contributed by atoms with Gasteiger partial charge in [0.05, 0.1) is 6.10 Å². The van der Waals surface area contributed by atoms with Crippen molar-refractivity contribution in [2.75, 3.05) is 0 Å². The zero-order valence-corrected chi connectivity index (χ0v) is 13.9. The molecule has 0 amide bonds. The molecule has 1 N–H and O–H groups in total. The second kappa shape index (κ2) is 8.60. The van der Waals surface area contributed by atoms with Gasteiger partial charge in [0.25, 0.3) is 0 Å². The lowest BCUT2D eigenvalue weighted by atomic mass is 10.0.